The minimum atomic E-state index is -0.500. The Balaban J connectivity index is 2.10. The summed E-state index contributed by atoms with van der Waals surface area (Å²) < 4.78 is 0. The fraction of sp³-hybridized carbons (Fsp3) is 0. The molecule has 0 aliphatic rings. The Bertz CT molecular complexity index is 1140. The van der Waals surface area contributed by atoms with E-state index >= 15 is 0 Å². The van der Waals surface area contributed by atoms with Crippen molar-refractivity contribution in [2.45, 2.75) is 0 Å². The van der Waals surface area contributed by atoms with E-state index in [9.17, 15) is 4.79 Å². The predicted octanol–water partition coefficient (Wildman–Crippen LogP) is 4.84. The second kappa shape index (κ2) is 5.13. The Morgan fingerprint density at radius 3 is 2.35 bits per heavy atom. The zero-order chi connectivity index (χ0) is 15.8. The van der Waals surface area contributed by atoms with Gasteiger partial charge < -0.3 is 0 Å². The molecule has 0 radical (unpaired) electrons. The highest BCUT2D eigenvalue weighted by Gasteiger charge is 2.12. The molecular formula is C19H12N3O+. The highest BCUT2D eigenvalue weighted by atomic mass is 16.1. The lowest BCUT2D eigenvalue weighted by Crippen LogP contribution is -1.94. The molecule has 0 aromatic heterocycles. The van der Waals surface area contributed by atoms with Crippen LogP contribution in [0.1, 0.15) is 10.4 Å². The Labute approximate surface area is 131 Å². The minimum absolute atomic E-state index is 0.438. The van der Waals surface area contributed by atoms with Gasteiger partial charge in [-0.15, -0.1) is 0 Å². The molecule has 4 nitrogen and oxygen atoms in total. The fourth-order valence-corrected chi connectivity index (χ4v) is 3.07. The Morgan fingerprint density at radius 1 is 0.826 bits per heavy atom. The molecule has 0 bridgehead atoms. The number of carbonyl (C=O) groups is 1. The second-order valence-electron chi connectivity index (χ2n) is 5.39. The first kappa shape index (κ1) is 13.3. The molecule has 108 valence electrons. The highest BCUT2D eigenvalue weighted by molar-refractivity contribution is 6.20. The summed E-state index contributed by atoms with van der Waals surface area (Å²) >= 11 is 0. The lowest BCUT2D eigenvalue weighted by Gasteiger charge is -2.08. The third-order valence-electron chi connectivity index (χ3n) is 4.11. The monoisotopic (exact) mass is 298 g/mol. The van der Waals surface area contributed by atoms with Crippen LogP contribution in [-0.2, 0) is 0 Å². The van der Waals surface area contributed by atoms with Crippen molar-refractivity contribution in [1.82, 2.24) is 4.91 Å². The molecule has 1 amide bonds. The molecule has 4 aromatic rings. The molecule has 0 spiro atoms. The number of hydrogen-bond acceptors (Lipinski definition) is 2. The van der Waals surface area contributed by atoms with Crippen LogP contribution in [0.15, 0.2) is 71.8 Å². The molecule has 4 aromatic carbocycles. The number of fused-ring (bicyclic) bond motifs is 5. The van der Waals surface area contributed by atoms with Crippen molar-refractivity contribution in [3.63, 3.8) is 0 Å². The summed E-state index contributed by atoms with van der Waals surface area (Å²) in [5.74, 6) is -0.500. The van der Waals surface area contributed by atoms with Crippen LogP contribution in [0.5, 0.6) is 0 Å². The largest absolute Gasteiger partial charge is 0.360 e. The van der Waals surface area contributed by atoms with E-state index in [0.29, 0.717) is 5.56 Å². The van der Waals surface area contributed by atoms with Gasteiger partial charge in [0.15, 0.2) is 0 Å². The third kappa shape index (κ3) is 2.09. The van der Waals surface area contributed by atoms with Gasteiger partial charge in [0, 0.05) is 5.56 Å². The van der Waals surface area contributed by atoms with Crippen LogP contribution in [-0.4, -0.2) is 5.91 Å². The van der Waals surface area contributed by atoms with Crippen molar-refractivity contribution >= 4 is 38.2 Å². The average molecular weight is 298 g/mol. The molecular weight excluding hydrogens is 286 g/mol. The topological polar surface area (TPSA) is 67.4 Å². The standard InChI is InChI=1S/C19H12N3O/c20-22-21-19(23)15-9-10-17-14(11-15)8-7-13-6-5-12-3-1-2-4-16(12)18(13)17/h1-11,20H/q+1. The number of rotatable bonds is 1. The molecule has 23 heavy (non-hydrogen) atoms. The number of hydrogen-bond donors (Lipinski definition) is 1. The Kier molecular flexibility index (Phi) is 2.97. The lowest BCUT2D eigenvalue weighted by atomic mass is 9.95. The van der Waals surface area contributed by atoms with Gasteiger partial charge >= 0.3 is 5.91 Å². The number of benzene rings is 4. The molecule has 0 atom stereocenters. The molecule has 1 N–H and O–H groups in total. The maximum Gasteiger partial charge on any atom is 0.360 e. The van der Waals surface area contributed by atoms with Crippen molar-refractivity contribution in [3.05, 3.63) is 72.3 Å². The van der Waals surface area contributed by atoms with E-state index in [1.165, 1.54) is 21.5 Å². The summed E-state index contributed by atoms with van der Waals surface area (Å²) in [5.41, 5.74) is 7.12. The van der Waals surface area contributed by atoms with Crippen LogP contribution in [0, 0.1) is 5.53 Å². The van der Waals surface area contributed by atoms with E-state index in [2.05, 4.69) is 40.4 Å². The quantitative estimate of drug-likeness (QED) is 0.305. The van der Waals surface area contributed by atoms with Crippen LogP contribution in [0.2, 0.25) is 0 Å². The summed E-state index contributed by atoms with van der Waals surface area (Å²) in [6.45, 7) is 0. The van der Waals surface area contributed by atoms with Crippen LogP contribution >= 0.6 is 0 Å². The second-order valence-corrected chi connectivity index (χ2v) is 5.39. The first-order chi connectivity index (χ1) is 11.3. The molecule has 0 saturated heterocycles. The molecule has 0 aliphatic carbocycles. The van der Waals surface area contributed by atoms with Gasteiger partial charge in [-0.1, -0.05) is 54.6 Å². The van der Waals surface area contributed by atoms with Crippen molar-refractivity contribution in [2.24, 2.45) is 5.11 Å². The first-order valence-electron chi connectivity index (χ1n) is 7.24. The fourth-order valence-electron chi connectivity index (χ4n) is 3.07. The zero-order valence-corrected chi connectivity index (χ0v) is 12.2. The minimum Gasteiger partial charge on any atom is -0.259 e. The van der Waals surface area contributed by atoms with Gasteiger partial charge in [-0.25, -0.2) is 0 Å². The number of nitrogens with zero attached hydrogens (tertiary/aromatic N) is 2. The summed E-state index contributed by atoms with van der Waals surface area (Å²) in [6, 6.07) is 22.1. The molecule has 0 saturated carbocycles. The molecule has 0 aliphatic heterocycles. The van der Waals surface area contributed by atoms with E-state index < -0.39 is 5.91 Å². The third-order valence-corrected chi connectivity index (χ3v) is 4.11. The van der Waals surface area contributed by atoms with E-state index in [1.807, 2.05) is 24.3 Å². The summed E-state index contributed by atoms with van der Waals surface area (Å²) in [6.07, 6.45) is 0. The van der Waals surface area contributed by atoms with Gasteiger partial charge in [-0.2, -0.15) is 0 Å². The summed E-state index contributed by atoms with van der Waals surface area (Å²) in [7, 11) is 0. The van der Waals surface area contributed by atoms with E-state index in [0.717, 1.165) is 10.8 Å². The molecule has 4 heteroatoms. The highest BCUT2D eigenvalue weighted by Crippen LogP contribution is 2.32. The van der Waals surface area contributed by atoms with Crippen LogP contribution in [0.25, 0.3) is 32.3 Å². The molecule has 4 rings (SSSR count). The van der Waals surface area contributed by atoms with Gasteiger partial charge in [0.05, 0.1) is 0 Å². The van der Waals surface area contributed by atoms with E-state index in [-0.39, 0.29) is 0 Å². The maximum absolute atomic E-state index is 11.8. The van der Waals surface area contributed by atoms with Crippen LogP contribution < -0.4 is 4.91 Å². The number of carbonyl (C=O) groups excluding carboxylic acids is 1. The smallest absolute Gasteiger partial charge is 0.259 e. The van der Waals surface area contributed by atoms with Gasteiger partial charge in [-0.3, -0.25) is 4.79 Å². The SMILES string of the molecule is N=[N+]=NC(=O)c1ccc2c(ccc3ccc4ccccc4c32)c1. The zero-order valence-electron chi connectivity index (χ0n) is 12.2. The van der Waals surface area contributed by atoms with Crippen molar-refractivity contribution in [2.75, 3.05) is 0 Å². The number of amides is 1. The summed E-state index contributed by atoms with van der Waals surface area (Å²) in [4.78, 5) is 14.6. The van der Waals surface area contributed by atoms with E-state index in [1.54, 1.807) is 12.1 Å². The molecule has 0 unspecified atom stereocenters. The Morgan fingerprint density at radius 2 is 1.52 bits per heavy atom. The summed E-state index contributed by atoms with van der Waals surface area (Å²) in [5, 5.41) is 10.1. The average Bonchev–Trinajstić information content (AvgIpc) is 2.60. The van der Waals surface area contributed by atoms with Crippen LogP contribution in [0.4, 0.5) is 0 Å². The lowest BCUT2D eigenvalue weighted by molar-refractivity contribution is 0.0992. The normalized spacial score (nSPS) is 10.8. The van der Waals surface area contributed by atoms with Gasteiger partial charge in [0.2, 0.25) is 10.0 Å². The van der Waals surface area contributed by atoms with Gasteiger partial charge in [0.25, 0.3) is 0 Å². The van der Waals surface area contributed by atoms with Crippen LogP contribution in [0.3, 0.4) is 0 Å². The van der Waals surface area contributed by atoms with Gasteiger partial charge in [0.1, 0.15) is 5.53 Å². The van der Waals surface area contributed by atoms with Gasteiger partial charge in [-0.05, 0) is 44.5 Å². The molecule has 0 heterocycles. The first-order valence-corrected chi connectivity index (χ1v) is 7.24. The van der Waals surface area contributed by atoms with Crippen molar-refractivity contribution in [1.29, 1.82) is 5.53 Å². The number of nitrogens with one attached hydrogen (secondary N) is 1. The van der Waals surface area contributed by atoms with E-state index in [4.69, 9.17) is 5.53 Å². The maximum atomic E-state index is 11.8. The van der Waals surface area contributed by atoms with Crippen molar-refractivity contribution in [3.8, 4) is 0 Å². The Hall–Kier alpha value is -3.36. The van der Waals surface area contributed by atoms with Crippen molar-refractivity contribution < 1.29 is 4.79 Å². The predicted molar refractivity (Wildman–Crippen MR) is 90.6 cm³/mol. The molecule has 0 fully saturated rings.